The smallest absolute Gasteiger partial charge is 0.263 e. The molecule has 1 aromatic heterocycles. The van der Waals surface area contributed by atoms with Gasteiger partial charge in [-0.05, 0) is 33.2 Å². The number of carbonyl (C=O) groups is 1. The van der Waals surface area contributed by atoms with Gasteiger partial charge in [0.25, 0.3) is 5.91 Å². The third-order valence-electron chi connectivity index (χ3n) is 3.00. The molecule has 2 N–H and O–H groups in total. The van der Waals surface area contributed by atoms with E-state index in [2.05, 4.69) is 15.6 Å². The Morgan fingerprint density at radius 3 is 3.12 bits per heavy atom. The van der Waals surface area contributed by atoms with Gasteiger partial charge in [0.2, 0.25) is 0 Å². The lowest BCUT2D eigenvalue weighted by atomic mass is 10.0. The average molecular weight is 253 g/mol. The van der Waals surface area contributed by atoms with E-state index in [-0.39, 0.29) is 5.91 Å². The molecule has 1 aliphatic heterocycles. The Bertz CT molecular complexity index is 396. The fourth-order valence-electron chi connectivity index (χ4n) is 2.11. The van der Waals surface area contributed by atoms with Gasteiger partial charge in [-0.15, -0.1) is 11.3 Å². The molecular formula is C12H19N3OS. The Morgan fingerprint density at radius 1 is 1.65 bits per heavy atom. The second-order valence-corrected chi connectivity index (χ2v) is 5.40. The van der Waals surface area contributed by atoms with Crippen molar-refractivity contribution < 1.29 is 4.79 Å². The first-order chi connectivity index (χ1) is 8.22. The van der Waals surface area contributed by atoms with Crippen LogP contribution in [-0.2, 0) is 0 Å². The highest BCUT2D eigenvalue weighted by Gasteiger charge is 2.22. The summed E-state index contributed by atoms with van der Waals surface area (Å²) in [6, 6.07) is 0. The third kappa shape index (κ3) is 2.84. The summed E-state index contributed by atoms with van der Waals surface area (Å²) in [4.78, 5) is 17.1. The first kappa shape index (κ1) is 12.5. The maximum Gasteiger partial charge on any atom is 0.263 e. The number of nitrogens with zero attached hydrogens (tertiary/aromatic N) is 1. The van der Waals surface area contributed by atoms with Crippen LogP contribution in [0.1, 0.15) is 46.1 Å². The van der Waals surface area contributed by atoms with Gasteiger partial charge in [0.15, 0.2) is 0 Å². The lowest BCUT2D eigenvalue weighted by molar-refractivity contribution is 0.0959. The van der Waals surface area contributed by atoms with Crippen LogP contribution in [-0.4, -0.2) is 30.5 Å². The minimum atomic E-state index is 0.0116. The Hall–Kier alpha value is -0.940. The topological polar surface area (TPSA) is 54.0 Å². The predicted molar refractivity (Wildman–Crippen MR) is 69.7 cm³/mol. The number of hydrogen-bond acceptors (Lipinski definition) is 4. The highest BCUT2D eigenvalue weighted by molar-refractivity contribution is 7.13. The minimum Gasteiger partial charge on any atom is -0.352 e. The van der Waals surface area contributed by atoms with Gasteiger partial charge >= 0.3 is 0 Å². The lowest BCUT2D eigenvalue weighted by Gasteiger charge is -2.20. The zero-order valence-electron chi connectivity index (χ0n) is 10.4. The van der Waals surface area contributed by atoms with E-state index in [0.717, 1.165) is 28.7 Å². The van der Waals surface area contributed by atoms with Gasteiger partial charge in [-0.2, -0.15) is 0 Å². The van der Waals surface area contributed by atoms with Crippen molar-refractivity contribution in [2.24, 2.45) is 0 Å². The second-order valence-electron chi connectivity index (χ2n) is 4.37. The number of rotatable bonds is 3. The maximum absolute atomic E-state index is 11.8. The first-order valence-corrected chi connectivity index (χ1v) is 7.00. The van der Waals surface area contributed by atoms with E-state index in [9.17, 15) is 4.79 Å². The molecule has 1 atom stereocenters. The number of carbonyl (C=O) groups excluding carboxylic acids is 1. The number of nitrogens with one attached hydrogen (secondary N) is 2. The molecular weight excluding hydrogens is 234 g/mol. The van der Waals surface area contributed by atoms with Crippen LogP contribution in [0.25, 0.3) is 0 Å². The van der Waals surface area contributed by atoms with Gasteiger partial charge in [-0.3, -0.25) is 4.79 Å². The summed E-state index contributed by atoms with van der Waals surface area (Å²) < 4.78 is 0. The van der Waals surface area contributed by atoms with E-state index in [0.29, 0.717) is 12.5 Å². The van der Waals surface area contributed by atoms with Crippen LogP contribution < -0.4 is 10.6 Å². The summed E-state index contributed by atoms with van der Waals surface area (Å²) in [5.41, 5.74) is 0.863. The van der Waals surface area contributed by atoms with Crippen molar-refractivity contribution in [2.75, 3.05) is 19.6 Å². The largest absolute Gasteiger partial charge is 0.352 e. The Labute approximate surface area is 106 Å². The van der Waals surface area contributed by atoms with Crippen molar-refractivity contribution in [3.63, 3.8) is 0 Å². The summed E-state index contributed by atoms with van der Waals surface area (Å²) in [6.45, 7) is 6.60. The summed E-state index contributed by atoms with van der Waals surface area (Å²) in [6.07, 6.45) is 2.37. The first-order valence-electron chi connectivity index (χ1n) is 6.18. The molecule has 0 aliphatic carbocycles. The van der Waals surface area contributed by atoms with Gasteiger partial charge in [-0.1, -0.05) is 0 Å². The molecule has 1 aromatic rings. The van der Waals surface area contributed by atoms with E-state index < -0.39 is 0 Å². The quantitative estimate of drug-likeness (QED) is 0.861. The van der Waals surface area contributed by atoms with E-state index in [1.165, 1.54) is 12.8 Å². The Morgan fingerprint density at radius 2 is 2.47 bits per heavy atom. The molecule has 0 spiro atoms. The number of thiazole rings is 1. The highest BCUT2D eigenvalue weighted by Crippen LogP contribution is 2.29. The van der Waals surface area contributed by atoms with Crippen molar-refractivity contribution in [1.29, 1.82) is 0 Å². The van der Waals surface area contributed by atoms with Crippen LogP contribution in [0.15, 0.2) is 0 Å². The molecule has 0 radical (unpaired) electrons. The number of amides is 1. The van der Waals surface area contributed by atoms with E-state index >= 15 is 0 Å². The van der Waals surface area contributed by atoms with Crippen molar-refractivity contribution in [3.8, 4) is 0 Å². The molecule has 0 aromatic carbocycles. The number of piperidine rings is 1. The molecule has 2 heterocycles. The van der Waals surface area contributed by atoms with E-state index in [4.69, 9.17) is 0 Å². The standard InChI is InChI=1S/C12H19N3OS/c1-3-14-11(16)10-8(2)15-12(17-10)9-5-4-6-13-7-9/h9,13H,3-7H2,1-2H3,(H,14,16). The number of aryl methyl sites for hydroxylation is 1. The van der Waals surface area contributed by atoms with Gasteiger partial charge in [0.05, 0.1) is 10.7 Å². The lowest BCUT2D eigenvalue weighted by Crippen LogP contribution is -2.28. The van der Waals surface area contributed by atoms with Gasteiger partial charge in [0, 0.05) is 19.0 Å². The minimum absolute atomic E-state index is 0.0116. The molecule has 1 unspecified atom stereocenters. The molecule has 0 bridgehead atoms. The molecule has 94 valence electrons. The molecule has 5 heteroatoms. The molecule has 17 heavy (non-hydrogen) atoms. The number of aromatic nitrogens is 1. The van der Waals surface area contributed by atoms with Crippen molar-refractivity contribution in [1.82, 2.24) is 15.6 Å². The van der Waals surface area contributed by atoms with Gasteiger partial charge < -0.3 is 10.6 Å². The summed E-state index contributed by atoms with van der Waals surface area (Å²) >= 11 is 1.55. The van der Waals surface area contributed by atoms with E-state index in [1.807, 2.05) is 13.8 Å². The fraction of sp³-hybridized carbons (Fsp3) is 0.667. The third-order valence-corrected chi connectivity index (χ3v) is 4.32. The zero-order valence-corrected chi connectivity index (χ0v) is 11.2. The zero-order chi connectivity index (χ0) is 12.3. The fourth-order valence-corrected chi connectivity index (χ4v) is 3.22. The molecule has 1 fully saturated rings. The molecule has 2 rings (SSSR count). The molecule has 1 aliphatic rings. The van der Waals surface area contributed by atoms with Gasteiger partial charge in [0.1, 0.15) is 4.88 Å². The summed E-state index contributed by atoms with van der Waals surface area (Å²) in [5.74, 6) is 0.494. The molecule has 4 nitrogen and oxygen atoms in total. The number of hydrogen-bond donors (Lipinski definition) is 2. The van der Waals surface area contributed by atoms with Crippen LogP contribution in [0.2, 0.25) is 0 Å². The monoisotopic (exact) mass is 253 g/mol. The highest BCUT2D eigenvalue weighted by atomic mass is 32.1. The molecule has 1 saturated heterocycles. The Balaban J connectivity index is 2.14. The maximum atomic E-state index is 11.8. The van der Waals surface area contributed by atoms with Crippen LogP contribution in [0.3, 0.4) is 0 Å². The van der Waals surface area contributed by atoms with Crippen LogP contribution in [0, 0.1) is 6.92 Å². The van der Waals surface area contributed by atoms with Crippen molar-refractivity contribution in [2.45, 2.75) is 32.6 Å². The summed E-state index contributed by atoms with van der Waals surface area (Å²) in [7, 11) is 0. The normalized spacial score (nSPS) is 20.2. The van der Waals surface area contributed by atoms with Crippen molar-refractivity contribution >= 4 is 17.2 Å². The van der Waals surface area contributed by atoms with Crippen molar-refractivity contribution in [3.05, 3.63) is 15.6 Å². The van der Waals surface area contributed by atoms with E-state index in [1.54, 1.807) is 11.3 Å². The van der Waals surface area contributed by atoms with Crippen LogP contribution in [0.4, 0.5) is 0 Å². The Kier molecular flexibility index (Phi) is 4.12. The SMILES string of the molecule is CCNC(=O)c1sc(C2CCCNC2)nc1C. The van der Waals surface area contributed by atoms with Crippen LogP contribution in [0.5, 0.6) is 0 Å². The summed E-state index contributed by atoms with van der Waals surface area (Å²) in [5, 5.41) is 7.32. The molecule has 1 amide bonds. The molecule has 0 saturated carbocycles. The average Bonchev–Trinajstić information content (AvgIpc) is 2.73. The second kappa shape index (κ2) is 5.60. The van der Waals surface area contributed by atoms with Gasteiger partial charge in [-0.25, -0.2) is 4.98 Å². The van der Waals surface area contributed by atoms with Crippen LogP contribution >= 0.6 is 11.3 Å². The predicted octanol–water partition coefficient (Wildman–Crippen LogP) is 1.67.